The van der Waals surface area contributed by atoms with Gasteiger partial charge in [-0.05, 0) is 34.7 Å². The Labute approximate surface area is 153 Å². The number of halogens is 2. The van der Waals surface area contributed by atoms with Gasteiger partial charge in [0.1, 0.15) is 0 Å². The van der Waals surface area contributed by atoms with Crippen LogP contribution in [0.4, 0.5) is 8.78 Å². The van der Waals surface area contributed by atoms with Crippen molar-refractivity contribution in [2.24, 2.45) is 0 Å². The van der Waals surface area contributed by atoms with Gasteiger partial charge in [-0.1, -0.05) is 0 Å². The molecule has 27 heavy (non-hydrogen) atoms. The molecule has 0 saturated carbocycles. The predicted octanol–water partition coefficient (Wildman–Crippen LogP) is 1.49. The van der Waals surface area contributed by atoms with Gasteiger partial charge in [-0.15, -0.1) is 5.10 Å². The fraction of sp³-hybridized carbons (Fsp3) is 0.294. The molecule has 0 unspecified atom stereocenters. The van der Waals surface area contributed by atoms with Crippen molar-refractivity contribution in [1.29, 1.82) is 0 Å². The third-order valence-electron chi connectivity index (χ3n) is 4.44. The number of tetrazole rings is 1. The zero-order valence-electron chi connectivity index (χ0n) is 14.3. The predicted molar refractivity (Wildman–Crippen MR) is 89.0 cm³/mol. The molecular formula is C17H16F2N6O2. The van der Waals surface area contributed by atoms with Gasteiger partial charge >= 0.3 is 0 Å². The van der Waals surface area contributed by atoms with E-state index in [1.165, 1.54) is 17.0 Å². The molecule has 8 nitrogen and oxygen atoms in total. The molecule has 1 aromatic carbocycles. The average Bonchev–Trinajstić information content (AvgIpc) is 3.36. The fourth-order valence-corrected chi connectivity index (χ4v) is 2.99. The molecule has 4 rings (SSSR count). The second-order valence-electron chi connectivity index (χ2n) is 6.15. The fourth-order valence-electron chi connectivity index (χ4n) is 2.99. The van der Waals surface area contributed by atoms with E-state index in [0.29, 0.717) is 50.0 Å². The van der Waals surface area contributed by atoms with E-state index in [-0.39, 0.29) is 5.91 Å². The van der Waals surface area contributed by atoms with E-state index >= 15 is 0 Å². The zero-order valence-corrected chi connectivity index (χ0v) is 14.3. The number of furan rings is 1. The van der Waals surface area contributed by atoms with Crippen molar-refractivity contribution in [3.8, 4) is 5.69 Å². The maximum Gasteiger partial charge on any atom is 0.289 e. The summed E-state index contributed by atoms with van der Waals surface area (Å²) in [6.07, 6.45) is 1.47. The van der Waals surface area contributed by atoms with E-state index in [1.54, 1.807) is 17.0 Å². The zero-order chi connectivity index (χ0) is 18.8. The first kappa shape index (κ1) is 17.3. The molecule has 3 aromatic rings. The Balaban J connectivity index is 1.41. The summed E-state index contributed by atoms with van der Waals surface area (Å²) >= 11 is 0. The number of amides is 1. The van der Waals surface area contributed by atoms with Crippen molar-refractivity contribution in [3.63, 3.8) is 0 Å². The van der Waals surface area contributed by atoms with Crippen molar-refractivity contribution < 1.29 is 18.0 Å². The maximum absolute atomic E-state index is 13.5. The Kier molecular flexibility index (Phi) is 4.63. The highest BCUT2D eigenvalue weighted by atomic mass is 19.2. The number of hydrogen-bond acceptors (Lipinski definition) is 6. The van der Waals surface area contributed by atoms with Gasteiger partial charge in [-0.25, -0.2) is 8.78 Å². The number of carbonyl (C=O) groups excluding carboxylic acids is 1. The molecule has 0 radical (unpaired) electrons. The quantitative estimate of drug-likeness (QED) is 0.688. The molecule has 0 spiro atoms. The lowest BCUT2D eigenvalue weighted by Crippen LogP contribution is -2.48. The van der Waals surface area contributed by atoms with E-state index in [1.807, 2.05) is 0 Å². The number of carbonyl (C=O) groups is 1. The summed E-state index contributed by atoms with van der Waals surface area (Å²) in [6, 6.07) is 6.83. The number of rotatable bonds is 4. The summed E-state index contributed by atoms with van der Waals surface area (Å²) < 4.78 is 33.1. The minimum Gasteiger partial charge on any atom is -0.459 e. The van der Waals surface area contributed by atoms with Gasteiger partial charge in [0.15, 0.2) is 23.2 Å². The van der Waals surface area contributed by atoms with Crippen LogP contribution in [0.15, 0.2) is 41.0 Å². The summed E-state index contributed by atoms with van der Waals surface area (Å²) in [5.41, 5.74) is 0.348. The van der Waals surface area contributed by atoms with Gasteiger partial charge in [-0.3, -0.25) is 9.69 Å². The summed E-state index contributed by atoms with van der Waals surface area (Å²) in [7, 11) is 0. The van der Waals surface area contributed by atoms with Crippen LogP contribution in [0.25, 0.3) is 5.69 Å². The molecular weight excluding hydrogens is 358 g/mol. The lowest BCUT2D eigenvalue weighted by Gasteiger charge is -2.33. The van der Waals surface area contributed by atoms with Crippen molar-refractivity contribution in [3.05, 3.63) is 59.8 Å². The highest BCUT2D eigenvalue weighted by Gasteiger charge is 2.25. The Morgan fingerprint density at radius 1 is 1.11 bits per heavy atom. The number of benzene rings is 1. The highest BCUT2D eigenvalue weighted by Crippen LogP contribution is 2.15. The summed E-state index contributed by atoms with van der Waals surface area (Å²) in [4.78, 5) is 16.1. The van der Waals surface area contributed by atoms with E-state index in [2.05, 4.69) is 20.4 Å². The van der Waals surface area contributed by atoms with Crippen molar-refractivity contribution in [1.82, 2.24) is 30.0 Å². The molecule has 0 N–H and O–H groups in total. The first-order valence-corrected chi connectivity index (χ1v) is 8.39. The van der Waals surface area contributed by atoms with Gasteiger partial charge in [0.25, 0.3) is 5.91 Å². The lowest BCUT2D eigenvalue weighted by atomic mass is 10.2. The number of hydrogen-bond donors (Lipinski definition) is 0. The first-order valence-electron chi connectivity index (χ1n) is 8.39. The molecule has 1 aliphatic heterocycles. The smallest absolute Gasteiger partial charge is 0.289 e. The van der Waals surface area contributed by atoms with Crippen LogP contribution in [0.2, 0.25) is 0 Å². The van der Waals surface area contributed by atoms with E-state index in [4.69, 9.17) is 4.42 Å². The Morgan fingerprint density at radius 3 is 2.63 bits per heavy atom. The van der Waals surface area contributed by atoms with Crippen LogP contribution in [0.5, 0.6) is 0 Å². The molecule has 1 fully saturated rings. The van der Waals surface area contributed by atoms with Crippen LogP contribution in [0, 0.1) is 11.6 Å². The standard InChI is InChI=1S/C17H16F2N6O2/c18-13-4-3-12(10-14(13)19)25-16(20-21-22-25)11-23-5-7-24(8-6-23)17(26)15-2-1-9-27-15/h1-4,9-10H,5-8,11H2. The molecule has 0 bridgehead atoms. The Morgan fingerprint density at radius 2 is 1.93 bits per heavy atom. The van der Waals surface area contributed by atoms with E-state index < -0.39 is 11.6 Å². The Hall–Kier alpha value is -3.14. The molecule has 10 heteroatoms. The summed E-state index contributed by atoms with van der Waals surface area (Å²) in [5.74, 6) is -1.19. The second kappa shape index (κ2) is 7.23. The molecule has 0 aliphatic carbocycles. The number of aromatic nitrogens is 4. The van der Waals surface area contributed by atoms with Gasteiger partial charge in [0.05, 0.1) is 18.5 Å². The van der Waals surface area contributed by atoms with Gasteiger partial charge in [0, 0.05) is 32.2 Å². The average molecular weight is 374 g/mol. The summed E-state index contributed by atoms with van der Waals surface area (Å²) in [5, 5.41) is 11.5. The van der Waals surface area contributed by atoms with Gasteiger partial charge in [0.2, 0.25) is 0 Å². The minimum atomic E-state index is -0.959. The van der Waals surface area contributed by atoms with Crippen LogP contribution in [0.1, 0.15) is 16.4 Å². The maximum atomic E-state index is 13.5. The molecule has 3 heterocycles. The Bertz CT molecular complexity index is 935. The normalized spacial score (nSPS) is 15.3. The van der Waals surface area contributed by atoms with E-state index in [9.17, 15) is 13.6 Å². The lowest BCUT2D eigenvalue weighted by molar-refractivity contribution is 0.0594. The monoisotopic (exact) mass is 374 g/mol. The molecule has 140 valence electrons. The van der Waals surface area contributed by atoms with Crippen LogP contribution in [-0.2, 0) is 6.54 Å². The first-order chi connectivity index (χ1) is 13.1. The molecule has 0 atom stereocenters. The van der Waals surface area contributed by atoms with Crippen LogP contribution in [-0.4, -0.2) is 62.1 Å². The van der Waals surface area contributed by atoms with Crippen LogP contribution in [0.3, 0.4) is 0 Å². The third kappa shape index (κ3) is 3.56. The number of piperazine rings is 1. The van der Waals surface area contributed by atoms with Crippen molar-refractivity contribution in [2.45, 2.75) is 6.54 Å². The largest absolute Gasteiger partial charge is 0.459 e. The van der Waals surface area contributed by atoms with Crippen LogP contribution < -0.4 is 0 Å². The molecule has 1 amide bonds. The van der Waals surface area contributed by atoms with Crippen LogP contribution >= 0.6 is 0 Å². The van der Waals surface area contributed by atoms with Gasteiger partial charge < -0.3 is 9.32 Å². The molecule has 2 aromatic heterocycles. The van der Waals surface area contributed by atoms with Gasteiger partial charge in [-0.2, -0.15) is 4.68 Å². The minimum absolute atomic E-state index is 0.133. The number of nitrogens with zero attached hydrogens (tertiary/aromatic N) is 6. The highest BCUT2D eigenvalue weighted by molar-refractivity contribution is 5.91. The van der Waals surface area contributed by atoms with Crippen molar-refractivity contribution >= 4 is 5.91 Å². The molecule has 1 aliphatic rings. The summed E-state index contributed by atoms with van der Waals surface area (Å²) in [6.45, 7) is 2.79. The van der Waals surface area contributed by atoms with Crippen molar-refractivity contribution in [2.75, 3.05) is 26.2 Å². The third-order valence-corrected chi connectivity index (χ3v) is 4.44. The topological polar surface area (TPSA) is 80.3 Å². The second-order valence-corrected chi connectivity index (χ2v) is 6.15. The van der Waals surface area contributed by atoms with E-state index in [0.717, 1.165) is 12.1 Å². The SMILES string of the molecule is O=C(c1ccco1)N1CCN(Cc2nnnn2-c2ccc(F)c(F)c2)CC1. The molecule has 1 saturated heterocycles.